The van der Waals surface area contributed by atoms with Crippen LogP contribution in [0.3, 0.4) is 0 Å². The summed E-state index contributed by atoms with van der Waals surface area (Å²) in [6.45, 7) is 0. The standard InChI is InChI=1S/C32H22S/c1-2-11-21(12-3-1)30-23-14-4-6-16-25(23)31(26-17-7-5-15-24(26)30)28-19-10-18-27-22-13-8-9-20-29(22)33-32(27)28/h1-4,6-14,16-20H,5,15H2. The first-order valence-corrected chi connectivity index (χ1v) is 12.4. The number of hydrogen-bond acceptors (Lipinski definition) is 1. The first kappa shape index (κ1) is 18.8. The van der Waals surface area contributed by atoms with Crippen LogP contribution in [0.25, 0.3) is 59.3 Å². The van der Waals surface area contributed by atoms with Crippen molar-refractivity contribution in [1.29, 1.82) is 0 Å². The van der Waals surface area contributed by atoms with Crippen LogP contribution in [-0.4, -0.2) is 0 Å². The van der Waals surface area contributed by atoms with E-state index in [2.05, 4.69) is 109 Å². The van der Waals surface area contributed by atoms with Crippen LogP contribution in [0.2, 0.25) is 0 Å². The minimum Gasteiger partial charge on any atom is -0.135 e. The molecule has 7 rings (SSSR count). The van der Waals surface area contributed by atoms with Gasteiger partial charge in [-0.2, -0.15) is 0 Å². The van der Waals surface area contributed by atoms with Crippen LogP contribution in [0.5, 0.6) is 0 Å². The van der Waals surface area contributed by atoms with Gasteiger partial charge >= 0.3 is 0 Å². The van der Waals surface area contributed by atoms with Crippen molar-refractivity contribution < 1.29 is 0 Å². The van der Waals surface area contributed by atoms with Crippen LogP contribution in [0, 0.1) is 0 Å². The van der Waals surface area contributed by atoms with E-state index in [1.54, 1.807) is 0 Å². The van der Waals surface area contributed by atoms with E-state index < -0.39 is 0 Å². The Bertz CT molecular complexity index is 1700. The molecule has 1 heteroatoms. The van der Waals surface area contributed by atoms with Gasteiger partial charge in [-0.1, -0.05) is 103 Å². The van der Waals surface area contributed by atoms with E-state index in [1.807, 2.05) is 11.3 Å². The lowest BCUT2D eigenvalue weighted by Gasteiger charge is -2.24. The van der Waals surface area contributed by atoms with E-state index in [0.29, 0.717) is 0 Å². The molecule has 0 aliphatic heterocycles. The monoisotopic (exact) mass is 438 g/mol. The molecule has 0 bridgehead atoms. The molecule has 0 nitrogen and oxygen atoms in total. The highest BCUT2D eigenvalue weighted by atomic mass is 32.1. The number of hydrogen-bond donors (Lipinski definition) is 0. The van der Waals surface area contributed by atoms with Gasteiger partial charge in [-0.25, -0.2) is 0 Å². The van der Waals surface area contributed by atoms with E-state index in [4.69, 9.17) is 0 Å². The minimum absolute atomic E-state index is 1.08. The van der Waals surface area contributed by atoms with Crippen LogP contribution in [0.1, 0.15) is 17.5 Å². The van der Waals surface area contributed by atoms with E-state index in [1.165, 1.54) is 64.3 Å². The van der Waals surface area contributed by atoms with Gasteiger partial charge in [0.2, 0.25) is 0 Å². The minimum atomic E-state index is 1.08. The first-order chi connectivity index (χ1) is 16.4. The maximum Gasteiger partial charge on any atom is 0.0434 e. The van der Waals surface area contributed by atoms with Crippen molar-refractivity contribution in [2.24, 2.45) is 0 Å². The highest BCUT2D eigenvalue weighted by Gasteiger charge is 2.22. The van der Waals surface area contributed by atoms with Crippen molar-refractivity contribution in [1.82, 2.24) is 0 Å². The van der Waals surface area contributed by atoms with Crippen molar-refractivity contribution in [3.8, 4) is 22.3 Å². The molecule has 1 aliphatic rings. The molecule has 6 aromatic rings. The molecule has 5 aromatic carbocycles. The zero-order valence-electron chi connectivity index (χ0n) is 18.2. The first-order valence-electron chi connectivity index (χ1n) is 11.6. The summed E-state index contributed by atoms with van der Waals surface area (Å²) in [5.74, 6) is 0. The summed E-state index contributed by atoms with van der Waals surface area (Å²) in [5.41, 5.74) is 8.32. The van der Waals surface area contributed by atoms with Crippen LogP contribution in [0.4, 0.5) is 0 Å². The highest BCUT2D eigenvalue weighted by Crippen LogP contribution is 2.48. The summed E-state index contributed by atoms with van der Waals surface area (Å²) < 4.78 is 2.74. The average Bonchev–Trinajstić information content (AvgIpc) is 3.27. The molecule has 1 aliphatic carbocycles. The molecule has 0 amide bonds. The van der Waals surface area contributed by atoms with Gasteiger partial charge in [-0.3, -0.25) is 0 Å². The van der Waals surface area contributed by atoms with Crippen molar-refractivity contribution in [2.75, 3.05) is 0 Å². The second kappa shape index (κ2) is 7.43. The third-order valence-corrected chi connectivity index (χ3v) is 8.16. The van der Waals surface area contributed by atoms with Gasteiger partial charge in [0.25, 0.3) is 0 Å². The maximum atomic E-state index is 2.37. The fraction of sp³-hybridized carbons (Fsp3) is 0.0625. The molecular weight excluding hydrogens is 416 g/mol. The SMILES string of the molecule is C1=Cc2c(c(-c3ccccc3)c3ccccc3c2-c2cccc3c2sc2ccccc23)CC1. The zero-order valence-corrected chi connectivity index (χ0v) is 19.0. The molecule has 0 saturated carbocycles. The van der Waals surface area contributed by atoms with Gasteiger partial charge in [-0.05, 0) is 57.5 Å². The Kier molecular flexibility index (Phi) is 4.25. The normalized spacial score (nSPS) is 13.1. The third kappa shape index (κ3) is 2.83. The average molecular weight is 439 g/mol. The lowest BCUT2D eigenvalue weighted by molar-refractivity contribution is 0.991. The predicted molar refractivity (Wildman–Crippen MR) is 145 cm³/mol. The lowest BCUT2D eigenvalue weighted by atomic mass is 9.80. The quantitative estimate of drug-likeness (QED) is 0.252. The molecule has 0 radical (unpaired) electrons. The van der Waals surface area contributed by atoms with Crippen LogP contribution in [0.15, 0.2) is 103 Å². The van der Waals surface area contributed by atoms with Gasteiger partial charge in [-0.15, -0.1) is 11.3 Å². The largest absolute Gasteiger partial charge is 0.135 e. The summed E-state index contributed by atoms with van der Waals surface area (Å²) in [6, 6.07) is 35.5. The van der Waals surface area contributed by atoms with E-state index in [-0.39, 0.29) is 0 Å². The Morgan fingerprint density at radius 2 is 1.27 bits per heavy atom. The van der Waals surface area contributed by atoms with E-state index >= 15 is 0 Å². The number of benzene rings is 5. The van der Waals surface area contributed by atoms with Crippen molar-refractivity contribution in [2.45, 2.75) is 12.8 Å². The third-order valence-electron chi connectivity index (χ3n) is 6.94. The van der Waals surface area contributed by atoms with Crippen LogP contribution >= 0.6 is 11.3 Å². The molecule has 1 aromatic heterocycles. The molecule has 0 fully saturated rings. The smallest absolute Gasteiger partial charge is 0.0434 e. The zero-order chi connectivity index (χ0) is 21.8. The molecular formula is C32H22S. The Labute approximate surface area is 197 Å². The van der Waals surface area contributed by atoms with E-state index in [9.17, 15) is 0 Å². The molecule has 0 atom stereocenters. The molecule has 0 saturated heterocycles. The molecule has 0 unspecified atom stereocenters. The van der Waals surface area contributed by atoms with Crippen molar-refractivity contribution in [3.63, 3.8) is 0 Å². The summed E-state index contributed by atoms with van der Waals surface area (Å²) in [6.07, 6.45) is 6.90. The van der Waals surface area contributed by atoms with Crippen molar-refractivity contribution in [3.05, 3.63) is 114 Å². The van der Waals surface area contributed by atoms with Crippen molar-refractivity contribution >= 4 is 48.4 Å². The van der Waals surface area contributed by atoms with Crippen LogP contribution < -0.4 is 0 Å². The Morgan fingerprint density at radius 1 is 0.576 bits per heavy atom. The van der Waals surface area contributed by atoms with Gasteiger partial charge in [0, 0.05) is 25.7 Å². The number of allylic oxidation sites excluding steroid dienone is 1. The highest BCUT2D eigenvalue weighted by molar-refractivity contribution is 7.26. The Hall–Kier alpha value is -3.68. The summed E-state index contributed by atoms with van der Waals surface area (Å²) in [5, 5.41) is 5.41. The fourth-order valence-electron chi connectivity index (χ4n) is 5.55. The van der Waals surface area contributed by atoms with E-state index in [0.717, 1.165) is 12.8 Å². The van der Waals surface area contributed by atoms with Gasteiger partial charge in [0.1, 0.15) is 0 Å². The lowest BCUT2D eigenvalue weighted by Crippen LogP contribution is -2.02. The second-order valence-corrected chi connectivity index (χ2v) is 9.83. The van der Waals surface area contributed by atoms with Gasteiger partial charge in [0.15, 0.2) is 0 Å². The summed E-state index contributed by atoms with van der Waals surface area (Å²) >= 11 is 1.92. The second-order valence-electron chi connectivity index (χ2n) is 8.78. The predicted octanol–water partition coefficient (Wildman–Crippen LogP) is 9.50. The molecule has 156 valence electrons. The molecule has 0 N–H and O–H groups in total. The van der Waals surface area contributed by atoms with Gasteiger partial charge < -0.3 is 0 Å². The maximum absolute atomic E-state index is 2.37. The molecule has 0 spiro atoms. The topological polar surface area (TPSA) is 0 Å². The summed E-state index contributed by atoms with van der Waals surface area (Å²) in [4.78, 5) is 0. The summed E-state index contributed by atoms with van der Waals surface area (Å²) in [7, 11) is 0. The Morgan fingerprint density at radius 3 is 2.12 bits per heavy atom. The number of thiophene rings is 1. The number of rotatable bonds is 2. The fourth-order valence-corrected chi connectivity index (χ4v) is 6.78. The molecule has 33 heavy (non-hydrogen) atoms. The Balaban J connectivity index is 1.66. The molecule has 1 heterocycles. The van der Waals surface area contributed by atoms with Crippen LogP contribution in [-0.2, 0) is 6.42 Å². The van der Waals surface area contributed by atoms with Gasteiger partial charge in [0.05, 0.1) is 0 Å². The number of fused-ring (bicyclic) bond motifs is 5.